The van der Waals surface area contributed by atoms with E-state index >= 15 is 0 Å². The molecule has 0 aromatic carbocycles. The highest BCUT2D eigenvalue weighted by Gasteiger charge is 2.16. The molecule has 1 N–H and O–H groups in total. The number of pyridine rings is 2. The van der Waals surface area contributed by atoms with Crippen molar-refractivity contribution in [3.8, 4) is 0 Å². The van der Waals surface area contributed by atoms with Crippen molar-refractivity contribution in [3.63, 3.8) is 0 Å². The van der Waals surface area contributed by atoms with Crippen molar-refractivity contribution in [2.24, 2.45) is 0 Å². The van der Waals surface area contributed by atoms with Crippen LogP contribution in [0.5, 0.6) is 0 Å². The highest BCUT2D eigenvalue weighted by Crippen LogP contribution is 2.20. The molecule has 5 nitrogen and oxygen atoms in total. The molecular weight excluding hydrogens is 230 g/mol. The van der Waals surface area contributed by atoms with Crippen molar-refractivity contribution >= 4 is 22.8 Å². The van der Waals surface area contributed by atoms with E-state index in [0.717, 1.165) is 5.39 Å². The van der Waals surface area contributed by atoms with Crippen molar-refractivity contribution in [2.45, 2.75) is 26.4 Å². The van der Waals surface area contributed by atoms with Crippen LogP contribution in [0.4, 0.5) is 10.5 Å². The standard InChI is InChI=1S/C13H15N3O2/c1-13(2,3)18-12(17)16-10-6-8-15-11-9(10)5-4-7-14-11/h4-8H,1-3H3,(H,14,15,16,17). The van der Waals surface area contributed by atoms with E-state index in [2.05, 4.69) is 15.3 Å². The largest absolute Gasteiger partial charge is 0.444 e. The lowest BCUT2D eigenvalue weighted by molar-refractivity contribution is 0.0636. The topological polar surface area (TPSA) is 64.1 Å². The average molecular weight is 245 g/mol. The molecule has 0 bridgehead atoms. The van der Waals surface area contributed by atoms with Crippen LogP contribution in [0.3, 0.4) is 0 Å². The van der Waals surface area contributed by atoms with Crippen LogP contribution >= 0.6 is 0 Å². The fourth-order valence-electron chi connectivity index (χ4n) is 1.50. The van der Waals surface area contributed by atoms with Crippen molar-refractivity contribution < 1.29 is 9.53 Å². The molecule has 5 heteroatoms. The fraction of sp³-hybridized carbons (Fsp3) is 0.308. The van der Waals surface area contributed by atoms with Crippen LogP contribution in [0.25, 0.3) is 11.0 Å². The number of rotatable bonds is 1. The predicted molar refractivity (Wildman–Crippen MR) is 69.4 cm³/mol. The monoisotopic (exact) mass is 245 g/mol. The smallest absolute Gasteiger partial charge is 0.412 e. The Kier molecular flexibility index (Phi) is 3.14. The maximum Gasteiger partial charge on any atom is 0.412 e. The normalized spacial score (nSPS) is 11.3. The minimum Gasteiger partial charge on any atom is -0.444 e. The number of aromatic nitrogens is 2. The van der Waals surface area contributed by atoms with Crippen LogP contribution in [0.1, 0.15) is 20.8 Å². The Balaban J connectivity index is 2.24. The van der Waals surface area contributed by atoms with Gasteiger partial charge in [-0.3, -0.25) is 5.32 Å². The predicted octanol–water partition coefficient (Wildman–Crippen LogP) is 2.98. The van der Waals surface area contributed by atoms with E-state index in [0.29, 0.717) is 11.3 Å². The number of carbonyl (C=O) groups excluding carboxylic acids is 1. The van der Waals surface area contributed by atoms with Gasteiger partial charge in [-0.1, -0.05) is 0 Å². The summed E-state index contributed by atoms with van der Waals surface area (Å²) in [4.78, 5) is 19.9. The Morgan fingerprint density at radius 2 is 1.94 bits per heavy atom. The summed E-state index contributed by atoms with van der Waals surface area (Å²) in [5, 5.41) is 3.48. The quantitative estimate of drug-likeness (QED) is 0.838. The molecule has 0 saturated carbocycles. The fourth-order valence-corrected chi connectivity index (χ4v) is 1.50. The summed E-state index contributed by atoms with van der Waals surface area (Å²) in [7, 11) is 0. The van der Waals surface area contributed by atoms with Crippen LogP contribution in [0, 0.1) is 0 Å². The zero-order chi connectivity index (χ0) is 13.2. The van der Waals surface area contributed by atoms with Crippen LogP contribution < -0.4 is 5.32 Å². The summed E-state index contributed by atoms with van der Waals surface area (Å²) in [5.74, 6) is 0. The van der Waals surface area contributed by atoms with Gasteiger partial charge in [0, 0.05) is 17.8 Å². The van der Waals surface area contributed by atoms with E-state index in [-0.39, 0.29) is 0 Å². The van der Waals surface area contributed by atoms with Crippen molar-refractivity contribution in [3.05, 3.63) is 30.6 Å². The molecule has 0 radical (unpaired) electrons. The molecule has 0 aliphatic rings. The third-order valence-electron chi connectivity index (χ3n) is 2.15. The van der Waals surface area contributed by atoms with Gasteiger partial charge in [0.05, 0.1) is 5.69 Å². The molecule has 2 heterocycles. The van der Waals surface area contributed by atoms with Crippen LogP contribution in [0.2, 0.25) is 0 Å². The number of amides is 1. The van der Waals surface area contributed by atoms with Crippen molar-refractivity contribution in [2.75, 3.05) is 5.32 Å². The summed E-state index contributed by atoms with van der Waals surface area (Å²) < 4.78 is 5.20. The molecule has 1 amide bonds. The van der Waals surface area contributed by atoms with Crippen LogP contribution in [0.15, 0.2) is 30.6 Å². The highest BCUT2D eigenvalue weighted by atomic mass is 16.6. The van der Waals surface area contributed by atoms with Gasteiger partial charge < -0.3 is 4.74 Å². The number of fused-ring (bicyclic) bond motifs is 1. The van der Waals surface area contributed by atoms with Gasteiger partial charge in [-0.05, 0) is 39.0 Å². The molecule has 0 atom stereocenters. The summed E-state index contributed by atoms with van der Waals surface area (Å²) in [6, 6.07) is 5.36. The number of nitrogens with one attached hydrogen (secondary N) is 1. The summed E-state index contributed by atoms with van der Waals surface area (Å²) in [5.41, 5.74) is 0.707. The van der Waals surface area contributed by atoms with Gasteiger partial charge in [0.1, 0.15) is 5.60 Å². The Bertz CT molecular complexity index is 570. The van der Waals surface area contributed by atoms with E-state index in [9.17, 15) is 4.79 Å². The summed E-state index contributed by atoms with van der Waals surface area (Å²) in [6.07, 6.45) is 2.77. The highest BCUT2D eigenvalue weighted by molar-refractivity contribution is 5.97. The van der Waals surface area contributed by atoms with E-state index in [1.165, 1.54) is 0 Å². The number of ether oxygens (including phenoxy) is 1. The maximum absolute atomic E-state index is 11.7. The lowest BCUT2D eigenvalue weighted by Gasteiger charge is -2.19. The average Bonchev–Trinajstić information content (AvgIpc) is 2.27. The molecule has 0 spiro atoms. The Hall–Kier alpha value is -2.17. The van der Waals surface area contributed by atoms with E-state index in [1.807, 2.05) is 26.8 Å². The lowest BCUT2D eigenvalue weighted by atomic mass is 10.2. The first-order valence-electron chi connectivity index (χ1n) is 5.65. The summed E-state index contributed by atoms with van der Waals surface area (Å²) >= 11 is 0. The molecule has 2 rings (SSSR count). The zero-order valence-electron chi connectivity index (χ0n) is 10.6. The van der Waals surface area contributed by atoms with E-state index < -0.39 is 11.7 Å². The number of anilines is 1. The van der Waals surface area contributed by atoms with Gasteiger partial charge in [0.25, 0.3) is 0 Å². The minimum atomic E-state index is -0.523. The van der Waals surface area contributed by atoms with Crippen LogP contribution in [-0.2, 0) is 4.74 Å². The molecular formula is C13H15N3O2. The summed E-state index contributed by atoms with van der Waals surface area (Å²) in [6.45, 7) is 5.45. The van der Waals surface area contributed by atoms with Gasteiger partial charge >= 0.3 is 6.09 Å². The van der Waals surface area contributed by atoms with E-state index in [1.54, 1.807) is 24.5 Å². The molecule has 2 aromatic heterocycles. The second kappa shape index (κ2) is 4.60. The first-order chi connectivity index (χ1) is 8.46. The molecule has 0 aliphatic heterocycles. The molecule has 94 valence electrons. The molecule has 0 aliphatic carbocycles. The van der Waals surface area contributed by atoms with Gasteiger partial charge in [0.15, 0.2) is 5.65 Å². The van der Waals surface area contributed by atoms with Crippen LogP contribution in [-0.4, -0.2) is 21.7 Å². The first-order valence-corrected chi connectivity index (χ1v) is 5.65. The molecule has 0 unspecified atom stereocenters. The van der Waals surface area contributed by atoms with E-state index in [4.69, 9.17) is 4.74 Å². The van der Waals surface area contributed by atoms with Gasteiger partial charge in [-0.2, -0.15) is 0 Å². The second-order valence-electron chi connectivity index (χ2n) is 4.86. The maximum atomic E-state index is 11.7. The third-order valence-corrected chi connectivity index (χ3v) is 2.15. The number of carbonyl (C=O) groups is 1. The zero-order valence-corrected chi connectivity index (χ0v) is 10.6. The minimum absolute atomic E-state index is 0.487. The molecule has 18 heavy (non-hydrogen) atoms. The Morgan fingerprint density at radius 1 is 1.22 bits per heavy atom. The Morgan fingerprint density at radius 3 is 2.67 bits per heavy atom. The van der Waals surface area contributed by atoms with Crippen molar-refractivity contribution in [1.29, 1.82) is 0 Å². The third kappa shape index (κ3) is 2.94. The number of hydrogen-bond acceptors (Lipinski definition) is 4. The van der Waals surface area contributed by atoms with Gasteiger partial charge in [-0.25, -0.2) is 14.8 Å². The van der Waals surface area contributed by atoms with Gasteiger partial charge in [0.2, 0.25) is 0 Å². The SMILES string of the molecule is CC(C)(C)OC(=O)Nc1ccnc2ncccc12. The molecule has 2 aromatic rings. The lowest BCUT2D eigenvalue weighted by Crippen LogP contribution is -2.27. The number of hydrogen-bond donors (Lipinski definition) is 1. The first kappa shape index (κ1) is 12.3. The second-order valence-corrected chi connectivity index (χ2v) is 4.86. The molecule has 0 saturated heterocycles. The number of nitrogens with zero attached hydrogens (tertiary/aromatic N) is 2. The Labute approximate surface area is 105 Å². The van der Waals surface area contributed by atoms with Crippen molar-refractivity contribution in [1.82, 2.24) is 9.97 Å². The van der Waals surface area contributed by atoms with Gasteiger partial charge in [-0.15, -0.1) is 0 Å². The molecule has 0 fully saturated rings.